The summed E-state index contributed by atoms with van der Waals surface area (Å²) in [5, 5.41) is 9.66. The molecule has 0 amide bonds. The smallest absolute Gasteiger partial charge is 0.309 e. The van der Waals surface area contributed by atoms with E-state index in [1.165, 1.54) is 24.8 Å². The number of rotatable bonds is 1. The Morgan fingerprint density at radius 2 is 2.29 bits per heavy atom. The first-order chi connectivity index (χ1) is 8.22. The Kier molecular flexibility index (Phi) is 2.74. The summed E-state index contributed by atoms with van der Waals surface area (Å²) in [5.74, 6) is 0.652. The van der Waals surface area contributed by atoms with Gasteiger partial charge in [0.05, 0.1) is 12.5 Å². The lowest BCUT2D eigenvalue weighted by molar-refractivity contribution is -0.144. The average Bonchev–Trinajstić information content (AvgIpc) is 2.62. The molecule has 17 heavy (non-hydrogen) atoms. The van der Waals surface area contributed by atoms with Gasteiger partial charge >= 0.3 is 5.97 Å². The molecule has 4 atom stereocenters. The molecule has 3 heteroatoms. The quantitative estimate of drug-likeness (QED) is 0.568. The van der Waals surface area contributed by atoms with Crippen LogP contribution in [0.5, 0.6) is 0 Å². The number of carbonyl (C=O) groups is 1. The average molecular weight is 242 g/mol. The summed E-state index contributed by atoms with van der Waals surface area (Å²) in [6.45, 7) is 2.07. The van der Waals surface area contributed by atoms with E-state index in [0.717, 1.165) is 18.4 Å². The monoisotopic (exact) mass is 242 g/mol. The Labute approximate surface area is 106 Å². The molecular formula is C14H26O3. The van der Waals surface area contributed by atoms with Gasteiger partial charge in [-0.1, -0.05) is 12.0 Å². The third-order valence-electron chi connectivity index (χ3n) is 4.81. The molecule has 0 aromatic heterocycles. The topological polar surface area (TPSA) is 46.5 Å². The molecule has 0 spiro atoms. The number of hydrogen-bond acceptors (Lipinski definition) is 3. The van der Waals surface area contributed by atoms with Gasteiger partial charge in [0.2, 0.25) is 0 Å². The minimum Gasteiger partial charge on any atom is -0.462 e. The maximum Gasteiger partial charge on any atom is 0.309 e. The lowest BCUT2D eigenvalue weighted by atomic mass is 9.65. The van der Waals surface area contributed by atoms with E-state index in [1.807, 2.05) is 6.92 Å². The number of carbonyl (C=O) groups excluding carboxylic acids is 1. The molecule has 3 aliphatic rings. The maximum absolute atomic E-state index is 11.8. The Morgan fingerprint density at radius 1 is 1.47 bits per heavy atom. The number of esters is 1. The molecular weight excluding hydrogens is 216 g/mol. The summed E-state index contributed by atoms with van der Waals surface area (Å²) in [6.07, 6.45) is 5.69. The van der Waals surface area contributed by atoms with Crippen molar-refractivity contribution in [3.63, 3.8) is 0 Å². The molecule has 1 N–H and O–H groups in total. The molecule has 0 bridgehead atoms. The SMILES string of the molecule is C[C@H]1OC(=O)C2C[C@@H]3CCCCC3=C(CO)[C@@H]21.[HH].[HH].[HH]. The van der Waals surface area contributed by atoms with E-state index in [-0.39, 0.29) is 34.8 Å². The fourth-order valence-corrected chi connectivity index (χ4v) is 4.08. The van der Waals surface area contributed by atoms with Crippen molar-refractivity contribution in [1.82, 2.24) is 0 Å². The van der Waals surface area contributed by atoms with E-state index in [1.54, 1.807) is 0 Å². The maximum atomic E-state index is 11.8. The number of fused-ring (bicyclic) bond motifs is 2. The first kappa shape index (κ1) is 11.3. The van der Waals surface area contributed by atoms with Gasteiger partial charge in [-0.05, 0) is 44.1 Å². The van der Waals surface area contributed by atoms with Gasteiger partial charge in [-0.3, -0.25) is 4.79 Å². The zero-order chi connectivity index (χ0) is 12.0. The normalized spacial score (nSPS) is 40.9. The van der Waals surface area contributed by atoms with E-state index in [4.69, 9.17) is 4.74 Å². The minimum atomic E-state index is -0.0509. The van der Waals surface area contributed by atoms with Gasteiger partial charge < -0.3 is 9.84 Å². The van der Waals surface area contributed by atoms with Crippen LogP contribution >= 0.6 is 0 Å². The summed E-state index contributed by atoms with van der Waals surface area (Å²) >= 11 is 0. The summed E-state index contributed by atoms with van der Waals surface area (Å²) < 4.78 is 5.36. The second-order valence-electron chi connectivity index (χ2n) is 5.66. The summed E-state index contributed by atoms with van der Waals surface area (Å²) in [4.78, 5) is 11.8. The van der Waals surface area contributed by atoms with Gasteiger partial charge in [0.15, 0.2) is 0 Å². The highest BCUT2D eigenvalue weighted by molar-refractivity contribution is 5.76. The molecule has 1 saturated carbocycles. The first-order valence-electron chi connectivity index (χ1n) is 6.75. The van der Waals surface area contributed by atoms with Crippen molar-refractivity contribution >= 4 is 5.97 Å². The van der Waals surface area contributed by atoms with Crippen LogP contribution in [0.3, 0.4) is 0 Å². The van der Waals surface area contributed by atoms with Gasteiger partial charge in [0, 0.05) is 10.2 Å². The second-order valence-corrected chi connectivity index (χ2v) is 5.66. The van der Waals surface area contributed by atoms with Crippen LogP contribution in [-0.4, -0.2) is 23.8 Å². The second kappa shape index (κ2) is 4.13. The van der Waals surface area contributed by atoms with Crippen LogP contribution in [0.25, 0.3) is 0 Å². The van der Waals surface area contributed by atoms with Crippen LogP contribution in [0.4, 0.5) is 0 Å². The Balaban J connectivity index is 0.00000120. The van der Waals surface area contributed by atoms with Gasteiger partial charge in [-0.25, -0.2) is 0 Å². The Hall–Kier alpha value is -0.830. The Morgan fingerprint density at radius 3 is 3.06 bits per heavy atom. The molecule has 0 radical (unpaired) electrons. The molecule has 0 aromatic rings. The van der Waals surface area contributed by atoms with E-state index in [9.17, 15) is 9.90 Å². The zero-order valence-corrected chi connectivity index (χ0v) is 10.3. The molecule has 0 aromatic carbocycles. The fourth-order valence-electron chi connectivity index (χ4n) is 4.08. The van der Waals surface area contributed by atoms with E-state index >= 15 is 0 Å². The van der Waals surface area contributed by atoms with Gasteiger partial charge in [-0.15, -0.1) is 0 Å². The van der Waals surface area contributed by atoms with E-state index in [2.05, 4.69) is 0 Å². The third kappa shape index (κ3) is 1.63. The number of allylic oxidation sites excluding steroid dienone is 1. The lowest BCUT2D eigenvalue weighted by Gasteiger charge is -2.37. The van der Waals surface area contributed by atoms with Crippen LogP contribution in [0, 0.1) is 17.8 Å². The zero-order valence-electron chi connectivity index (χ0n) is 10.3. The largest absolute Gasteiger partial charge is 0.462 e. The van der Waals surface area contributed by atoms with Crippen LogP contribution in [0.1, 0.15) is 43.3 Å². The molecule has 1 aliphatic heterocycles. The van der Waals surface area contributed by atoms with Crippen molar-refractivity contribution in [2.45, 2.75) is 45.1 Å². The molecule has 1 heterocycles. The van der Waals surface area contributed by atoms with Crippen molar-refractivity contribution in [3.05, 3.63) is 11.1 Å². The van der Waals surface area contributed by atoms with Gasteiger partial charge in [0.25, 0.3) is 0 Å². The van der Waals surface area contributed by atoms with Gasteiger partial charge in [-0.2, -0.15) is 0 Å². The molecule has 100 valence electrons. The highest BCUT2D eigenvalue weighted by Crippen LogP contribution is 2.49. The van der Waals surface area contributed by atoms with Crippen LogP contribution < -0.4 is 0 Å². The lowest BCUT2D eigenvalue weighted by Crippen LogP contribution is -2.33. The third-order valence-corrected chi connectivity index (χ3v) is 4.81. The standard InChI is InChI=1S/C14H20O3.3H2/c1-8-13-11(14(16)17-8)6-9-4-2-3-5-10(9)12(13)7-15;;;/h8-9,11,13,15H,2-7H2,1H3;3*1H/t8-,9+,11?,13-;;;/m1.../s1. The van der Waals surface area contributed by atoms with E-state index < -0.39 is 0 Å². The van der Waals surface area contributed by atoms with Crippen LogP contribution in [0.2, 0.25) is 0 Å². The summed E-state index contributed by atoms with van der Waals surface area (Å²) in [5.41, 5.74) is 2.58. The first-order valence-corrected chi connectivity index (χ1v) is 6.75. The summed E-state index contributed by atoms with van der Waals surface area (Å²) in [6, 6.07) is 0. The van der Waals surface area contributed by atoms with Crippen molar-refractivity contribution < 1.29 is 18.9 Å². The molecule has 1 unspecified atom stereocenters. The number of ether oxygens (including phenoxy) is 1. The highest BCUT2D eigenvalue weighted by atomic mass is 16.6. The van der Waals surface area contributed by atoms with Crippen LogP contribution in [-0.2, 0) is 9.53 Å². The highest BCUT2D eigenvalue weighted by Gasteiger charge is 2.49. The van der Waals surface area contributed by atoms with Crippen molar-refractivity contribution in [3.8, 4) is 0 Å². The van der Waals surface area contributed by atoms with E-state index in [0.29, 0.717) is 5.92 Å². The van der Waals surface area contributed by atoms with Gasteiger partial charge in [0.1, 0.15) is 6.10 Å². The van der Waals surface area contributed by atoms with Crippen LogP contribution in [0.15, 0.2) is 11.1 Å². The number of aliphatic hydroxyl groups is 1. The molecule has 2 fully saturated rings. The fraction of sp³-hybridized carbons (Fsp3) is 0.786. The number of cyclic esters (lactones) is 1. The molecule has 1 saturated heterocycles. The molecule has 3 rings (SSSR count). The number of hydrogen-bond donors (Lipinski definition) is 1. The van der Waals surface area contributed by atoms with Crippen molar-refractivity contribution in [2.75, 3.05) is 6.61 Å². The van der Waals surface area contributed by atoms with Crippen molar-refractivity contribution in [2.24, 2.45) is 17.8 Å². The predicted octanol–water partition coefficient (Wildman–Crippen LogP) is 2.78. The molecule has 2 aliphatic carbocycles. The van der Waals surface area contributed by atoms with Crippen molar-refractivity contribution in [1.29, 1.82) is 0 Å². The Bertz CT molecular complexity index is 384. The summed E-state index contributed by atoms with van der Waals surface area (Å²) in [7, 11) is 0. The number of aliphatic hydroxyl groups excluding tert-OH is 1. The minimum absolute atomic E-state index is 0. The predicted molar refractivity (Wildman–Crippen MR) is 69.6 cm³/mol. The molecule has 3 nitrogen and oxygen atoms in total.